The highest BCUT2D eigenvalue weighted by atomic mass is 16.5. The molecule has 29 heavy (non-hydrogen) atoms. The summed E-state index contributed by atoms with van der Waals surface area (Å²) in [6.07, 6.45) is 4.03. The summed E-state index contributed by atoms with van der Waals surface area (Å²) in [5.41, 5.74) is 1.01. The van der Waals surface area contributed by atoms with Gasteiger partial charge in [0, 0.05) is 52.4 Å². The van der Waals surface area contributed by atoms with E-state index in [4.69, 9.17) is 13.9 Å². The predicted molar refractivity (Wildman–Crippen MR) is 108 cm³/mol. The summed E-state index contributed by atoms with van der Waals surface area (Å²) in [5, 5.41) is 0. The van der Waals surface area contributed by atoms with Crippen LogP contribution in [0.2, 0.25) is 0 Å². The fraction of sp³-hybridized carbons (Fsp3) is 0.524. The molecule has 0 aliphatic carbocycles. The van der Waals surface area contributed by atoms with E-state index < -0.39 is 0 Å². The first kappa shape index (κ1) is 22.7. The van der Waals surface area contributed by atoms with Crippen molar-refractivity contribution < 1.29 is 23.5 Å². The van der Waals surface area contributed by atoms with Crippen molar-refractivity contribution in [1.29, 1.82) is 0 Å². The monoisotopic (exact) mass is 405 g/mol. The molecule has 0 N–H and O–H groups in total. The van der Waals surface area contributed by atoms with Gasteiger partial charge in [0.15, 0.2) is 5.76 Å². The lowest BCUT2D eigenvalue weighted by Gasteiger charge is -2.27. The van der Waals surface area contributed by atoms with Crippen LogP contribution in [-0.2, 0) is 27.9 Å². The van der Waals surface area contributed by atoms with E-state index in [0.29, 0.717) is 45.9 Å². The van der Waals surface area contributed by atoms with Gasteiger partial charge in [-0.2, -0.15) is 0 Å². The van der Waals surface area contributed by atoms with Gasteiger partial charge in [0.05, 0.1) is 19.4 Å². The lowest BCUT2D eigenvalue weighted by Crippen LogP contribution is -2.44. The molecule has 2 heterocycles. The molecule has 0 unspecified atom stereocenters. The van der Waals surface area contributed by atoms with Crippen molar-refractivity contribution in [1.82, 2.24) is 14.4 Å². The zero-order chi connectivity index (χ0) is 21.1. The van der Waals surface area contributed by atoms with Crippen molar-refractivity contribution in [3.05, 3.63) is 48.2 Å². The van der Waals surface area contributed by atoms with E-state index in [1.807, 2.05) is 36.9 Å². The normalized spacial score (nSPS) is 10.9. The van der Waals surface area contributed by atoms with Crippen LogP contribution in [0.4, 0.5) is 0 Å². The van der Waals surface area contributed by atoms with Gasteiger partial charge < -0.3 is 28.3 Å². The third kappa shape index (κ3) is 7.07. The zero-order valence-corrected chi connectivity index (χ0v) is 17.5. The second kappa shape index (κ2) is 12.1. The summed E-state index contributed by atoms with van der Waals surface area (Å²) in [7, 11) is 3.54. The number of aryl methyl sites for hydroxylation is 1. The minimum Gasteiger partial charge on any atom is -0.459 e. The Morgan fingerprint density at radius 3 is 2.59 bits per heavy atom. The van der Waals surface area contributed by atoms with E-state index in [2.05, 4.69) is 0 Å². The molecule has 0 saturated heterocycles. The van der Waals surface area contributed by atoms with Gasteiger partial charge in [-0.25, -0.2) is 0 Å². The van der Waals surface area contributed by atoms with Crippen molar-refractivity contribution in [2.45, 2.75) is 19.9 Å². The first-order valence-electron chi connectivity index (χ1n) is 9.84. The Morgan fingerprint density at radius 2 is 1.97 bits per heavy atom. The highest BCUT2D eigenvalue weighted by Gasteiger charge is 2.24. The van der Waals surface area contributed by atoms with Crippen LogP contribution in [0, 0.1) is 0 Å². The van der Waals surface area contributed by atoms with Gasteiger partial charge in [-0.1, -0.05) is 0 Å². The van der Waals surface area contributed by atoms with Crippen molar-refractivity contribution in [3.63, 3.8) is 0 Å². The van der Waals surface area contributed by atoms with Crippen molar-refractivity contribution >= 4 is 11.8 Å². The highest BCUT2D eigenvalue weighted by molar-refractivity contribution is 5.94. The molecule has 160 valence electrons. The molecule has 2 rings (SSSR count). The van der Waals surface area contributed by atoms with E-state index in [1.165, 1.54) is 11.2 Å². The van der Waals surface area contributed by atoms with Crippen molar-refractivity contribution in [2.24, 2.45) is 7.05 Å². The number of aromatic nitrogens is 1. The molecule has 0 aromatic carbocycles. The number of rotatable bonds is 13. The molecule has 0 aliphatic heterocycles. The third-order valence-corrected chi connectivity index (χ3v) is 4.59. The molecule has 8 heteroatoms. The Bertz CT molecular complexity index is 741. The maximum absolute atomic E-state index is 13.1. The smallest absolute Gasteiger partial charge is 0.290 e. The highest BCUT2D eigenvalue weighted by Crippen LogP contribution is 2.10. The molecule has 2 amide bonds. The fourth-order valence-electron chi connectivity index (χ4n) is 2.92. The van der Waals surface area contributed by atoms with Crippen LogP contribution in [0.15, 0.2) is 41.1 Å². The minimum absolute atomic E-state index is 0.0280. The maximum Gasteiger partial charge on any atom is 0.290 e. The molecule has 0 bridgehead atoms. The molecular formula is C21H31N3O5. The topological polar surface area (TPSA) is 77.2 Å². The third-order valence-electron chi connectivity index (χ3n) is 4.59. The number of methoxy groups -OCH3 is 1. The van der Waals surface area contributed by atoms with Gasteiger partial charge in [0.25, 0.3) is 5.91 Å². The number of carbonyl (C=O) groups is 2. The van der Waals surface area contributed by atoms with E-state index in [1.54, 1.807) is 24.1 Å². The average Bonchev–Trinajstić information content (AvgIpc) is 3.39. The predicted octanol–water partition coefficient (Wildman–Crippen LogP) is 2.16. The van der Waals surface area contributed by atoms with Gasteiger partial charge in [-0.3, -0.25) is 9.59 Å². The van der Waals surface area contributed by atoms with E-state index in [0.717, 1.165) is 5.69 Å². The Labute approximate surface area is 172 Å². The molecule has 0 saturated carbocycles. The summed E-state index contributed by atoms with van der Waals surface area (Å²) < 4.78 is 17.7. The largest absolute Gasteiger partial charge is 0.459 e. The van der Waals surface area contributed by atoms with Gasteiger partial charge in [0.1, 0.15) is 6.54 Å². The Hall–Kier alpha value is -2.58. The summed E-state index contributed by atoms with van der Waals surface area (Å²) in [5.74, 6) is -0.218. The molecule has 2 aromatic rings. The first-order valence-corrected chi connectivity index (χ1v) is 9.84. The number of carbonyl (C=O) groups excluding carboxylic acids is 2. The van der Waals surface area contributed by atoms with Crippen LogP contribution >= 0.6 is 0 Å². The Kier molecular flexibility index (Phi) is 9.46. The summed E-state index contributed by atoms with van der Waals surface area (Å²) in [6, 6.07) is 7.18. The van der Waals surface area contributed by atoms with E-state index in [-0.39, 0.29) is 24.1 Å². The number of amides is 2. The van der Waals surface area contributed by atoms with Gasteiger partial charge in [-0.05, 0) is 37.6 Å². The molecule has 0 aliphatic rings. The van der Waals surface area contributed by atoms with Gasteiger partial charge in [-0.15, -0.1) is 0 Å². The van der Waals surface area contributed by atoms with Crippen LogP contribution in [0.5, 0.6) is 0 Å². The molecule has 8 nitrogen and oxygen atoms in total. The molecular weight excluding hydrogens is 374 g/mol. The van der Waals surface area contributed by atoms with E-state index in [9.17, 15) is 9.59 Å². The molecule has 0 spiro atoms. The first-order chi connectivity index (χ1) is 14.1. The van der Waals surface area contributed by atoms with Crippen LogP contribution in [0.25, 0.3) is 0 Å². The second-order valence-electron chi connectivity index (χ2n) is 6.67. The van der Waals surface area contributed by atoms with Crippen LogP contribution in [-0.4, -0.2) is 72.7 Å². The van der Waals surface area contributed by atoms with Crippen LogP contribution < -0.4 is 0 Å². The standard InChI is InChI=1S/C21H31N3O5/c1-4-28-13-7-11-24(21(26)19-9-6-14-29-19)17-20(25)23(12-15-27-3)16-18-8-5-10-22(18)2/h5-6,8-10,14H,4,7,11-13,15-17H2,1-3H3. The van der Waals surface area contributed by atoms with Crippen LogP contribution in [0.3, 0.4) is 0 Å². The SMILES string of the molecule is CCOCCCN(CC(=O)N(CCOC)Cc1cccn1C)C(=O)c1ccco1. The van der Waals surface area contributed by atoms with Gasteiger partial charge >= 0.3 is 0 Å². The zero-order valence-electron chi connectivity index (χ0n) is 17.5. The maximum atomic E-state index is 13.1. The summed E-state index contributed by atoms with van der Waals surface area (Å²) in [4.78, 5) is 29.1. The number of ether oxygens (including phenoxy) is 2. The quantitative estimate of drug-likeness (QED) is 0.477. The molecule has 0 radical (unpaired) electrons. The summed E-state index contributed by atoms with van der Waals surface area (Å²) >= 11 is 0. The van der Waals surface area contributed by atoms with Crippen molar-refractivity contribution in [2.75, 3.05) is 46.6 Å². The number of nitrogens with zero attached hydrogens (tertiary/aromatic N) is 3. The molecule has 0 atom stereocenters. The molecule has 0 fully saturated rings. The number of hydrogen-bond acceptors (Lipinski definition) is 5. The fourth-order valence-corrected chi connectivity index (χ4v) is 2.92. The molecule has 2 aromatic heterocycles. The Morgan fingerprint density at radius 1 is 1.14 bits per heavy atom. The lowest BCUT2D eigenvalue weighted by atomic mass is 10.3. The van der Waals surface area contributed by atoms with E-state index >= 15 is 0 Å². The van der Waals surface area contributed by atoms with Crippen LogP contribution in [0.1, 0.15) is 29.6 Å². The van der Waals surface area contributed by atoms with Gasteiger partial charge in [0.2, 0.25) is 5.91 Å². The second-order valence-corrected chi connectivity index (χ2v) is 6.67. The number of furan rings is 1. The van der Waals surface area contributed by atoms with Crippen molar-refractivity contribution in [3.8, 4) is 0 Å². The number of hydrogen-bond donors (Lipinski definition) is 0. The Balaban J connectivity index is 2.08. The average molecular weight is 405 g/mol. The lowest BCUT2D eigenvalue weighted by molar-refractivity contribution is -0.133. The minimum atomic E-state index is -0.301. The summed E-state index contributed by atoms with van der Waals surface area (Å²) in [6.45, 7) is 4.78.